The average molecular weight is 291 g/mol. The molecule has 0 fully saturated rings. The fourth-order valence-electron chi connectivity index (χ4n) is 2.58. The molecule has 0 spiro atoms. The molecule has 0 saturated carbocycles. The molecule has 1 aromatic rings. The molecule has 2 N–H and O–H groups in total. The number of benzene rings is 1. The quantitative estimate of drug-likeness (QED) is 0.808. The van der Waals surface area contributed by atoms with Gasteiger partial charge >= 0.3 is 0 Å². The third kappa shape index (κ3) is 4.21. The van der Waals surface area contributed by atoms with Crippen molar-refractivity contribution < 1.29 is 14.6 Å². The first-order chi connectivity index (χ1) is 10.1. The van der Waals surface area contributed by atoms with Gasteiger partial charge < -0.3 is 15.2 Å². The lowest BCUT2D eigenvalue weighted by Crippen LogP contribution is -2.41. The highest BCUT2D eigenvalue weighted by Crippen LogP contribution is 2.26. The number of carbonyl (C=O) groups is 1. The largest absolute Gasteiger partial charge is 0.493 e. The Hall–Kier alpha value is -1.55. The zero-order valence-corrected chi connectivity index (χ0v) is 12.9. The van der Waals surface area contributed by atoms with Crippen molar-refractivity contribution in [2.24, 2.45) is 5.92 Å². The molecule has 1 aliphatic heterocycles. The van der Waals surface area contributed by atoms with Crippen LogP contribution < -0.4 is 10.1 Å². The third-order valence-electron chi connectivity index (χ3n) is 4.27. The highest BCUT2D eigenvalue weighted by atomic mass is 16.5. The van der Waals surface area contributed by atoms with E-state index in [0.29, 0.717) is 6.42 Å². The maximum Gasteiger partial charge on any atom is 0.220 e. The van der Waals surface area contributed by atoms with Crippen LogP contribution in [0.15, 0.2) is 18.2 Å². The number of aryl methyl sites for hydroxylation is 1. The Morgan fingerprint density at radius 3 is 3.00 bits per heavy atom. The first-order valence-electron chi connectivity index (χ1n) is 7.78. The molecule has 0 bridgehead atoms. The van der Waals surface area contributed by atoms with Crippen molar-refractivity contribution >= 4 is 5.91 Å². The second kappa shape index (κ2) is 7.46. The van der Waals surface area contributed by atoms with E-state index in [1.807, 2.05) is 19.1 Å². The Morgan fingerprint density at radius 2 is 2.29 bits per heavy atom. The van der Waals surface area contributed by atoms with E-state index in [9.17, 15) is 9.90 Å². The fourth-order valence-corrected chi connectivity index (χ4v) is 2.58. The number of fused-ring (bicyclic) bond motifs is 1. The number of aliphatic hydroxyl groups excluding tert-OH is 1. The molecule has 0 aliphatic carbocycles. The minimum atomic E-state index is -0.143. The lowest BCUT2D eigenvalue weighted by Gasteiger charge is -2.22. The number of carbonyl (C=O) groups excluding carboxylic acids is 1. The van der Waals surface area contributed by atoms with Gasteiger partial charge in [-0.05, 0) is 29.5 Å². The van der Waals surface area contributed by atoms with Crippen LogP contribution in [0.1, 0.15) is 37.8 Å². The number of rotatable bonds is 7. The van der Waals surface area contributed by atoms with Crippen molar-refractivity contribution in [1.29, 1.82) is 0 Å². The van der Waals surface area contributed by atoms with Gasteiger partial charge in [-0.15, -0.1) is 0 Å². The molecule has 1 aromatic carbocycles. The first-order valence-corrected chi connectivity index (χ1v) is 7.78. The van der Waals surface area contributed by atoms with Crippen LogP contribution in [-0.2, 0) is 17.6 Å². The summed E-state index contributed by atoms with van der Waals surface area (Å²) in [5.74, 6) is 1.27. The Morgan fingerprint density at radius 1 is 1.48 bits per heavy atom. The van der Waals surface area contributed by atoms with Crippen molar-refractivity contribution in [3.05, 3.63) is 29.3 Å². The summed E-state index contributed by atoms with van der Waals surface area (Å²) in [4.78, 5) is 12.0. The van der Waals surface area contributed by atoms with Gasteiger partial charge in [-0.1, -0.05) is 32.4 Å². The molecule has 21 heavy (non-hydrogen) atoms. The number of amides is 1. The zero-order chi connectivity index (χ0) is 15.2. The second-order valence-corrected chi connectivity index (χ2v) is 5.78. The summed E-state index contributed by atoms with van der Waals surface area (Å²) in [6.45, 7) is 4.86. The Labute approximate surface area is 126 Å². The normalized spacial score (nSPS) is 16.0. The summed E-state index contributed by atoms with van der Waals surface area (Å²) in [5.41, 5.74) is 2.40. The lowest BCUT2D eigenvalue weighted by atomic mass is 9.99. The van der Waals surface area contributed by atoms with Crippen LogP contribution in [0, 0.1) is 5.92 Å². The highest BCUT2D eigenvalue weighted by Gasteiger charge is 2.17. The summed E-state index contributed by atoms with van der Waals surface area (Å²) in [6.07, 6.45) is 3.07. The van der Waals surface area contributed by atoms with Crippen LogP contribution in [0.5, 0.6) is 5.75 Å². The number of aliphatic hydroxyl groups is 1. The maximum absolute atomic E-state index is 12.0. The molecular weight excluding hydrogens is 266 g/mol. The van der Waals surface area contributed by atoms with Crippen LogP contribution in [0.4, 0.5) is 0 Å². The predicted octanol–water partition coefficient (Wildman–Crippen LogP) is 2.08. The lowest BCUT2D eigenvalue weighted by molar-refractivity contribution is -0.122. The smallest absolute Gasteiger partial charge is 0.220 e. The van der Waals surface area contributed by atoms with Gasteiger partial charge in [0.05, 0.1) is 19.3 Å². The van der Waals surface area contributed by atoms with Crippen molar-refractivity contribution in [3.8, 4) is 5.75 Å². The summed E-state index contributed by atoms with van der Waals surface area (Å²) in [7, 11) is 0. The Kier molecular flexibility index (Phi) is 5.62. The molecular formula is C17H25NO3. The number of nitrogens with one attached hydrogen (secondary N) is 1. The van der Waals surface area contributed by atoms with Crippen LogP contribution in [0.3, 0.4) is 0 Å². The van der Waals surface area contributed by atoms with Crippen LogP contribution in [0.2, 0.25) is 0 Å². The van der Waals surface area contributed by atoms with Gasteiger partial charge in [0.25, 0.3) is 0 Å². The topological polar surface area (TPSA) is 58.6 Å². The zero-order valence-electron chi connectivity index (χ0n) is 12.9. The Bertz CT molecular complexity index is 487. The van der Waals surface area contributed by atoms with Crippen molar-refractivity contribution in [3.63, 3.8) is 0 Å². The molecule has 0 radical (unpaired) electrons. The van der Waals surface area contributed by atoms with Crippen LogP contribution in [0.25, 0.3) is 0 Å². The molecule has 116 valence electrons. The van der Waals surface area contributed by atoms with Gasteiger partial charge in [0.2, 0.25) is 5.91 Å². The SMILES string of the molecule is CC[C@H](C)[C@H](CO)NC(=O)CCc1ccc2c(c1)CCO2. The molecule has 0 aromatic heterocycles. The van der Waals surface area contributed by atoms with Gasteiger partial charge in [0, 0.05) is 12.8 Å². The van der Waals surface area contributed by atoms with Crippen molar-refractivity contribution in [2.75, 3.05) is 13.2 Å². The number of ether oxygens (including phenoxy) is 1. The number of hydrogen-bond donors (Lipinski definition) is 2. The molecule has 1 aliphatic rings. The fraction of sp³-hybridized carbons (Fsp3) is 0.588. The standard InChI is InChI=1S/C17H25NO3/c1-3-12(2)15(11-19)18-17(20)7-5-13-4-6-16-14(10-13)8-9-21-16/h4,6,10,12,15,19H,3,5,7-9,11H2,1-2H3,(H,18,20)/t12-,15-/m0/s1. The van der Waals surface area contributed by atoms with Gasteiger partial charge in [0.15, 0.2) is 0 Å². The minimum Gasteiger partial charge on any atom is -0.493 e. The highest BCUT2D eigenvalue weighted by molar-refractivity contribution is 5.76. The van der Waals surface area contributed by atoms with Crippen molar-refractivity contribution in [1.82, 2.24) is 5.32 Å². The summed E-state index contributed by atoms with van der Waals surface area (Å²) < 4.78 is 5.48. The molecule has 0 saturated heterocycles. The van der Waals surface area contributed by atoms with Gasteiger partial charge in [-0.2, -0.15) is 0 Å². The minimum absolute atomic E-state index is 0.00304. The van der Waals surface area contributed by atoms with E-state index in [-0.39, 0.29) is 24.5 Å². The van der Waals surface area contributed by atoms with Crippen LogP contribution >= 0.6 is 0 Å². The van der Waals surface area contributed by atoms with Gasteiger partial charge in [-0.3, -0.25) is 4.79 Å². The van der Waals surface area contributed by atoms with E-state index >= 15 is 0 Å². The monoisotopic (exact) mass is 291 g/mol. The van der Waals surface area contributed by atoms with E-state index in [2.05, 4.69) is 18.3 Å². The van der Waals surface area contributed by atoms with Gasteiger partial charge in [-0.25, -0.2) is 0 Å². The summed E-state index contributed by atoms with van der Waals surface area (Å²) >= 11 is 0. The second-order valence-electron chi connectivity index (χ2n) is 5.78. The molecule has 0 unspecified atom stereocenters. The van der Waals surface area contributed by atoms with Crippen molar-refractivity contribution in [2.45, 2.75) is 45.6 Å². The molecule has 2 atom stereocenters. The predicted molar refractivity (Wildman–Crippen MR) is 82.4 cm³/mol. The van der Waals surface area contributed by atoms with E-state index in [0.717, 1.165) is 31.6 Å². The maximum atomic E-state index is 12.0. The molecule has 2 rings (SSSR count). The average Bonchev–Trinajstić information content (AvgIpc) is 2.97. The third-order valence-corrected chi connectivity index (χ3v) is 4.27. The van der Waals surface area contributed by atoms with Gasteiger partial charge in [0.1, 0.15) is 5.75 Å². The van der Waals surface area contributed by atoms with E-state index in [4.69, 9.17) is 4.74 Å². The number of hydrogen-bond acceptors (Lipinski definition) is 3. The van der Waals surface area contributed by atoms with E-state index in [1.165, 1.54) is 11.1 Å². The first kappa shape index (κ1) is 15.8. The summed E-state index contributed by atoms with van der Waals surface area (Å²) in [6, 6.07) is 6.00. The summed E-state index contributed by atoms with van der Waals surface area (Å²) in [5, 5.41) is 12.3. The Balaban J connectivity index is 1.83. The molecule has 4 nitrogen and oxygen atoms in total. The van der Waals surface area contributed by atoms with E-state index < -0.39 is 0 Å². The molecule has 1 amide bonds. The van der Waals surface area contributed by atoms with Crippen LogP contribution in [-0.4, -0.2) is 30.3 Å². The molecule has 4 heteroatoms. The van der Waals surface area contributed by atoms with E-state index in [1.54, 1.807) is 0 Å². The molecule has 1 heterocycles.